The fourth-order valence-electron chi connectivity index (χ4n) is 2.37. The summed E-state index contributed by atoms with van der Waals surface area (Å²) in [6.07, 6.45) is 11.2. The lowest BCUT2D eigenvalue weighted by Crippen LogP contribution is -2.18. The molecule has 0 aromatic carbocycles. The SMILES string of the molecule is NC1CCC2(C=CCC2)C1. The van der Waals surface area contributed by atoms with Crippen LogP contribution in [0.25, 0.3) is 0 Å². The fourth-order valence-corrected chi connectivity index (χ4v) is 2.37. The van der Waals surface area contributed by atoms with E-state index in [9.17, 15) is 0 Å². The summed E-state index contributed by atoms with van der Waals surface area (Å²) in [7, 11) is 0. The molecule has 2 unspecified atom stereocenters. The standard InChI is InChI=1S/C9H15N/c10-8-3-6-9(7-8)4-1-2-5-9/h1,4,8H,2-3,5-7,10H2. The van der Waals surface area contributed by atoms with Crippen molar-refractivity contribution in [1.82, 2.24) is 0 Å². The van der Waals surface area contributed by atoms with Crippen LogP contribution in [0, 0.1) is 5.41 Å². The molecule has 2 atom stereocenters. The Labute approximate surface area is 62.3 Å². The molecule has 10 heavy (non-hydrogen) atoms. The zero-order chi connectivity index (χ0) is 7.03. The van der Waals surface area contributed by atoms with Crippen LogP contribution >= 0.6 is 0 Å². The maximum absolute atomic E-state index is 5.86. The Kier molecular flexibility index (Phi) is 1.34. The molecule has 0 aromatic heterocycles. The fraction of sp³-hybridized carbons (Fsp3) is 0.778. The largest absolute Gasteiger partial charge is 0.328 e. The molecule has 1 spiro atoms. The van der Waals surface area contributed by atoms with Crippen LogP contribution in [0.1, 0.15) is 32.1 Å². The first kappa shape index (κ1) is 6.41. The van der Waals surface area contributed by atoms with Gasteiger partial charge in [-0.3, -0.25) is 0 Å². The third kappa shape index (κ3) is 0.891. The average molecular weight is 137 g/mol. The predicted molar refractivity (Wildman–Crippen MR) is 42.6 cm³/mol. The van der Waals surface area contributed by atoms with Crippen molar-refractivity contribution in [2.45, 2.75) is 38.1 Å². The monoisotopic (exact) mass is 137 g/mol. The van der Waals surface area contributed by atoms with Crippen molar-refractivity contribution in [1.29, 1.82) is 0 Å². The van der Waals surface area contributed by atoms with Gasteiger partial charge in [-0.15, -0.1) is 0 Å². The first-order valence-electron chi connectivity index (χ1n) is 4.24. The Hall–Kier alpha value is -0.300. The molecule has 0 aromatic rings. The van der Waals surface area contributed by atoms with E-state index in [-0.39, 0.29) is 0 Å². The summed E-state index contributed by atoms with van der Waals surface area (Å²) in [5, 5.41) is 0. The Morgan fingerprint density at radius 2 is 2.30 bits per heavy atom. The van der Waals surface area contributed by atoms with Crippen LogP contribution in [0.4, 0.5) is 0 Å². The lowest BCUT2D eigenvalue weighted by atomic mass is 9.86. The maximum atomic E-state index is 5.86. The number of rotatable bonds is 0. The summed E-state index contributed by atoms with van der Waals surface area (Å²) in [5.74, 6) is 0. The van der Waals surface area contributed by atoms with Crippen molar-refractivity contribution in [2.75, 3.05) is 0 Å². The molecular formula is C9H15N. The van der Waals surface area contributed by atoms with E-state index in [1.54, 1.807) is 0 Å². The lowest BCUT2D eigenvalue weighted by Gasteiger charge is -2.19. The molecule has 0 saturated heterocycles. The van der Waals surface area contributed by atoms with Gasteiger partial charge in [0.25, 0.3) is 0 Å². The van der Waals surface area contributed by atoms with Crippen LogP contribution in [0.15, 0.2) is 12.2 Å². The molecule has 1 heteroatoms. The molecule has 1 nitrogen and oxygen atoms in total. The molecule has 2 aliphatic carbocycles. The first-order chi connectivity index (χ1) is 4.81. The summed E-state index contributed by atoms with van der Waals surface area (Å²) in [6, 6.07) is 0.489. The van der Waals surface area contributed by atoms with E-state index in [0.29, 0.717) is 11.5 Å². The van der Waals surface area contributed by atoms with Gasteiger partial charge in [-0.25, -0.2) is 0 Å². The first-order valence-corrected chi connectivity index (χ1v) is 4.24. The summed E-state index contributed by atoms with van der Waals surface area (Å²) < 4.78 is 0. The maximum Gasteiger partial charge on any atom is 0.00474 e. The van der Waals surface area contributed by atoms with Crippen molar-refractivity contribution in [3.05, 3.63) is 12.2 Å². The van der Waals surface area contributed by atoms with E-state index < -0.39 is 0 Å². The van der Waals surface area contributed by atoms with Crippen molar-refractivity contribution in [3.8, 4) is 0 Å². The highest BCUT2D eigenvalue weighted by molar-refractivity contribution is 5.10. The number of hydrogen-bond acceptors (Lipinski definition) is 1. The highest BCUT2D eigenvalue weighted by atomic mass is 14.7. The van der Waals surface area contributed by atoms with Crippen LogP contribution in [0.5, 0.6) is 0 Å². The summed E-state index contributed by atoms with van der Waals surface area (Å²) >= 11 is 0. The van der Waals surface area contributed by atoms with Crippen molar-refractivity contribution in [2.24, 2.45) is 11.1 Å². The van der Waals surface area contributed by atoms with Crippen LogP contribution in [0.2, 0.25) is 0 Å². The molecular weight excluding hydrogens is 122 g/mol. The third-order valence-corrected chi connectivity index (χ3v) is 2.96. The third-order valence-electron chi connectivity index (χ3n) is 2.96. The molecule has 1 saturated carbocycles. The second-order valence-electron chi connectivity index (χ2n) is 3.81. The van der Waals surface area contributed by atoms with Gasteiger partial charge in [-0.2, -0.15) is 0 Å². The zero-order valence-electron chi connectivity index (χ0n) is 6.34. The van der Waals surface area contributed by atoms with Crippen LogP contribution < -0.4 is 5.73 Å². The Bertz CT molecular complexity index is 162. The Morgan fingerprint density at radius 3 is 2.80 bits per heavy atom. The zero-order valence-corrected chi connectivity index (χ0v) is 6.34. The van der Waals surface area contributed by atoms with E-state index in [4.69, 9.17) is 5.73 Å². The van der Waals surface area contributed by atoms with Gasteiger partial charge in [0, 0.05) is 6.04 Å². The highest BCUT2D eigenvalue weighted by Gasteiger charge is 2.36. The lowest BCUT2D eigenvalue weighted by molar-refractivity contribution is 0.383. The van der Waals surface area contributed by atoms with Gasteiger partial charge in [0.05, 0.1) is 0 Å². The molecule has 2 N–H and O–H groups in total. The van der Waals surface area contributed by atoms with E-state index in [1.807, 2.05) is 0 Å². The molecule has 2 aliphatic rings. The smallest absolute Gasteiger partial charge is 0.00474 e. The molecule has 2 rings (SSSR count). The van der Waals surface area contributed by atoms with Gasteiger partial charge in [-0.05, 0) is 37.5 Å². The van der Waals surface area contributed by atoms with Crippen LogP contribution in [-0.4, -0.2) is 6.04 Å². The topological polar surface area (TPSA) is 26.0 Å². The quantitative estimate of drug-likeness (QED) is 0.506. The minimum Gasteiger partial charge on any atom is -0.328 e. The number of allylic oxidation sites excluding steroid dienone is 2. The van der Waals surface area contributed by atoms with Crippen LogP contribution in [0.3, 0.4) is 0 Å². The van der Waals surface area contributed by atoms with Gasteiger partial charge in [0.1, 0.15) is 0 Å². The summed E-state index contributed by atoms with van der Waals surface area (Å²) in [6.45, 7) is 0. The molecule has 56 valence electrons. The average Bonchev–Trinajstić information content (AvgIpc) is 2.46. The minimum absolute atomic E-state index is 0.489. The van der Waals surface area contributed by atoms with Crippen molar-refractivity contribution < 1.29 is 0 Å². The van der Waals surface area contributed by atoms with Gasteiger partial charge < -0.3 is 5.73 Å². The van der Waals surface area contributed by atoms with E-state index in [0.717, 1.165) is 0 Å². The molecule has 1 fully saturated rings. The molecule has 0 bridgehead atoms. The Morgan fingerprint density at radius 1 is 1.40 bits per heavy atom. The molecule has 0 heterocycles. The summed E-state index contributed by atoms with van der Waals surface area (Å²) in [4.78, 5) is 0. The van der Waals surface area contributed by atoms with Crippen LogP contribution in [-0.2, 0) is 0 Å². The van der Waals surface area contributed by atoms with Gasteiger partial charge in [0.2, 0.25) is 0 Å². The number of hydrogen-bond donors (Lipinski definition) is 1. The Balaban J connectivity index is 2.10. The highest BCUT2D eigenvalue weighted by Crippen LogP contribution is 2.45. The van der Waals surface area contributed by atoms with Gasteiger partial charge in [-0.1, -0.05) is 12.2 Å². The van der Waals surface area contributed by atoms with Gasteiger partial charge in [0.15, 0.2) is 0 Å². The second-order valence-corrected chi connectivity index (χ2v) is 3.81. The van der Waals surface area contributed by atoms with E-state index in [1.165, 1.54) is 32.1 Å². The second kappa shape index (κ2) is 2.09. The minimum atomic E-state index is 0.489. The van der Waals surface area contributed by atoms with Crippen molar-refractivity contribution in [3.63, 3.8) is 0 Å². The van der Waals surface area contributed by atoms with E-state index >= 15 is 0 Å². The van der Waals surface area contributed by atoms with Gasteiger partial charge >= 0.3 is 0 Å². The molecule has 0 amide bonds. The van der Waals surface area contributed by atoms with E-state index in [2.05, 4.69) is 12.2 Å². The molecule has 0 aliphatic heterocycles. The van der Waals surface area contributed by atoms with Crippen molar-refractivity contribution >= 4 is 0 Å². The predicted octanol–water partition coefficient (Wildman–Crippen LogP) is 1.83. The normalized spacial score (nSPS) is 45.5. The summed E-state index contributed by atoms with van der Waals surface area (Å²) in [5.41, 5.74) is 6.41. The molecule has 0 radical (unpaired) electrons. The number of nitrogens with two attached hydrogens (primary N) is 1.